The maximum Gasteiger partial charge on any atom is 0.490 e. The van der Waals surface area contributed by atoms with Gasteiger partial charge >= 0.3 is 12.1 Å². The van der Waals surface area contributed by atoms with Crippen molar-refractivity contribution in [2.24, 2.45) is 0 Å². The van der Waals surface area contributed by atoms with Gasteiger partial charge in [-0.25, -0.2) is 9.78 Å². The van der Waals surface area contributed by atoms with Crippen LogP contribution in [0.15, 0.2) is 18.6 Å². The fourth-order valence-corrected chi connectivity index (χ4v) is 4.28. The molecule has 0 aliphatic carbocycles. The van der Waals surface area contributed by atoms with E-state index >= 15 is 0 Å². The van der Waals surface area contributed by atoms with Gasteiger partial charge in [-0.15, -0.1) is 0 Å². The molecule has 1 atom stereocenters. The summed E-state index contributed by atoms with van der Waals surface area (Å²) in [6, 6.07) is 0. The first-order chi connectivity index (χ1) is 15.5. The third-order valence-corrected chi connectivity index (χ3v) is 5.98. The second-order valence-corrected chi connectivity index (χ2v) is 8.37. The monoisotopic (exact) mass is 473 g/mol. The Hall–Kier alpha value is -2.92. The number of nitrogens with zero attached hydrogens (tertiary/aromatic N) is 5. The summed E-state index contributed by atoms with van der Waals surface area (Å²) in [6.07, 6.45) is 5.88. The van der Waals surface area contributed by atoms with Crippen LogP contribution in [0.4, 0.5) is 19.0 Å². The van der Waals surface area contributed by atoms with Crippen LogP contribution in [0.5, 0.6) is 0 Å². The third-order valence-electron chi connectivity index (χ3n) is 5.98. The molecule has 1 spiro atoms. The highest BCUT2D eigenvalue weighted by atomic mass is 19.4. The molecule has 2 fully saturated rings. The van der Waals surface area contributed by atoms with Gasteiger partial charge in [0, 0.05) is 64.5 Å². The fraction of sp³-hybridized carbons (Fsp3) is 0.667. The number of aliphatic carboxylic acids is 1. The van der Waals surface area contributed by atoms with Crippen molar-refractivity contribution in [3.63, 3.8) is 0 Å². The minimum Gasteiger partial charge on any atom is -0.475 e. The van der Waals surface area contributed by atoms with Crippen LogP contribution in [0.3, 0.4) is 0 Å². The van der Waals surface area contributed by atoms with E-state index in [9.17, 15) is 22.8 Å². The van der Waals surface area contributed by atoms with Gasteiger partial charge in [-0.05, 0) is 32.1 Å². The normalized spacial score (nSPS) is 20.6. The van der Waals surface area contributed by atoms with Crippen molar-refractivity contribution in [2.45, 2.75) is 56.7 Å². The second-order valence-electron chi connectivity index (χ2n) is 8.37. The first kappa shape index (κ1) is 26.3. The molecule has 1 aromatic heterocycles. The van der Waals surface area contributed by atoms with Crippen LogP contribution < -0.4 is 4.90 Å². The Morgan fingerprint density at radius 1 is 1.06 bits per heavy atom. The molecule has 2 aliphatic rings. The van der Waals surface area contributed by atoms with Crippen molar-refractivity contribution >= 4 is 23.6 Å². The van der Waals surface area contributed by atoms with E-state index in [0.717, 1.165) is 57.6 Å². The van der Waals surface area contributed by atoms with Gasteiger partial charge in [-0.3, -0.25) is 14.6 Å². The van der Waals surface area contributed by atoms with Crippen LogP contribution in [0.2, 0.25) is 0 Å². The van der Waals surface area contributed by atoms with Crippen molar-refractivity contribution in [2.75, 3.05) is 38.6 Å². The van der Waals surface area contributed by atoms with Crippen molar-refractivity contribution in [1.82, 2.24) is 19.8 Å². The fourth-order valence-electron chi connectivity index (χ4n) is 4.28. The summed E-state index contributed by atoms with van der Waals surface area (Å²) >= 11 is 0. The Morgan fingerprint density at radius 3 is 2.24 bits per heavy atom. The lowest BCUT2D eigenvalue weighted by atomic mass is 9.87. The number of hydrogen-bond donors (Lipinski definition) is 1. The lowest BCUT2D eigenvalue weighted by Gasteiger charge is -2.38. The molecule has 3 rings (SSSR count). The number of carbonyl (C=O) groups excluding carboxylic acids is 2. The maximum atomic E-state index is 12.8. The standard InChI is InChI=1S/C19H29N5O2.C2HF3O2/c1-22(2)17(25)5-6-18(26)24-13-4-8-19(24)7-3-12-23(14-9-19)16-15-20-10-11-21-16;3-2(4,5)1(6)7/h10-11,15H,3-9,12-14H2,1-2H3;(H,6,7). The summed E-state index contributed by atoms with van der Waals surface area (Å²) in [4.78, 5) is 48.0. The second kappa shape index (κ2) is 11.3. The number of likely N-dealkylation sites (tertiary alicyclic amines) is 1. The van der Waals surface area contributed by atoms with E-state index < -0.39 is 12.1 Å². The van der Waals surface area contributed by atoms with Crippen LogP contribution in [0.25, 0.3) is 0 Å². The van der Waals surface area contributed by atoms with Gasteiger partial charge in [-0.1, -0.05) is 0 Å². The molecule has 1 unspecified atom stereocenters. The number of carboxylic acids is 1. The van der Waals surface area contributed by atoms with E-state index in [4.69, 9.17) is 9.90 Å². The molecule has 3 heterocycles. The molecule has 1 aromatic rings. The molecule has 2 aliphatic heterocycles. The van der Waals surface area contributed by atoms with Gasteiger partial charge in [0.2, 0.25) is 11.8 Å². The van der Waals surface area contributed by atoms with Crippen LogP contribution in [0, 0.1) is 0 Å². The average Bonchev–Trinajstić information content (AvgIpc) is 3.05. The summed E-state index contributed by atoms with van der Waals surface area (Å²) in [5.41, 5.74) is -0.0464. The molecule has 0 saturated carbocycles. The smallest absolute Gasteiger partial charge is 0.475 e. The quantitative estimate of drug-likeness (QED) is 0.715. The van der Waals surface area contributed by atoms with Crippen molar-refractivity contribution in [1.29, 1.82) is 0 Å². The number of aromatic nitrogens is 2. The topological polar surface area (TPSA) is 107 Å². The number of rotatable bonds is 4. The lowest BCUT2D eigenvalue weighted by Crippen LogP contribution is -2.48. The zero-order valence-electron chi connectivity index (χ0n) is 18.8. The van der Waals surface area contributed by atoms with E-state index in [1.807, 2.05) is 6.20 Å². The molecule has 12 heteroatoms. The van der Waals surface area contributed by atoms with E-state index in [1.165, 1.54) is 0 Å². The molecule has 33 heavy (non-hydrogen) atoms. The molecule has 9 nitrogen and oxygen atoms in total. The average molecular weight is 473 g/mol. The zero-order valence-corrected chi connectivity index (χ0v) is 18.8. The number of alkyl halides is 3. The Balaban J connectivity index is 0.000000479. The van der Waals surface area contributed by atoms with Crippen molar-refractivity contribution in [3.8, 4) is 0 Å². The highest BCUT2D eigenvalue weighted by Crippen LogP contribution is 2.39. The Labute approximate surface area is 190 Å². The highest BCUT2D eigenvalue weighted by Gasteiger charge is 2.44. The molecule has 2 saturated heterocycles. The molecule has 184 valence electrons. The molecule has 2 amide bonds. The molecule has 0 radical (unpaired) electrons. The molecule has 0 bridgehead atoms. The first-order valence-corrected chi connectivity index (χ1v) is 10.8. The molecular weight excluding hydrogens is 443 g/mol. The van der Waals surface area contributed by atoms with E-state index in [1.54, 1.807) is 31.4 Å². The SMILES string of the molecule is CN(C)C(=O)CCC(=O)N1CCCC12CCCN(c1cnccn1)CC2.O=C(O)C(F)(F)F. The number of amides is 2. The van der Waals surface area contributed by atoms with E-state index in [2.05, 4.69) is 19.8 Å². The summed E-state index contributed by atoms with van der Waals surface area (Å²) in [6.45, 7) is 2.65. The van der Waals surface area contributed by atoms with Crippen LogP contribution in [-0.2, 0) is 14.4 Å². The highest BCUT2D eigenvalue weighted by molar-refractivity contribution is 5.84. The van der Waals surface area contributed by atoms with Gasteiger partial charge in [-0.2, -0.15) is 13.2 Å². The summed E-state index contributed by atoms with van der Waals surface area (Å²) in [5, 5.41) is 7.12. The summed E-state index contributed by atoms with van der Waals surface area (Å²) < 4.78 is 31.7. The molecular formula is C21H30F3N5O4. The van der Waals surface area contributed by atoms with Gasteiger partial charge in [0.05, 0.1) is 6.20 Å². The summed E-state index contributed by atoms with van der Waals surface area (Å²) in [5.74, 6) is -1.70. The van der Waals surface area contributed by atoms with E-state index in [0.29, 0.717) is 12.8 Å². The van der Waals surface area contributed by atoms with Gasteiger partial charge in [0.1, 0.15) is 5.82 Å². The van der Waals surface area contributed by atoms with Crippen molar-refractivity contribution < 1.29 is 32.7 Å². The van der Waals surface area contributed by atoms with Gasteiger partial charge in [0.25, 0.3) is 0 Å². The largest absolute Gasteiger partial charge is 0.490 e. The maximum absolute atomic E-state index is 12.8. The predicted octanol–water partition coefficient (Wildman–Crippen LogP) is 2.33. The van der Waals surface area contributed by atoms with Crippen LogP contribution in [-0.4, -0.2) is 88.1 Å². The number of carbonyl (C=O) groups is 3. The Bertz CT molecular complexity index is 822. The number of hydrogen-bond acceptors (Lipinski definition) is 6. The van der Waals surface area contributed by atoms with Crippen LogP contribution >= 0.6 is 0 Å². The molecule has 0 aromatic carbocycles. The predicted molar refractivity (Wildman–Crippen MR) is 113 cm³/mol. The van der Waals surface area contributed by atoms with Crippen LogP contribution in [0.1, 0.15) is 44.9 Å². The number of halogens is 3. The van der Waals surface area contributed by atoms with Gasteiger partial charge in [0.15, 0.2) is 0 Å². The first-order valence-electron chi connectivity index (χ1n) is 10.8. The van der Waals surface area contributed by atoms with E-state index in [-0.39, 0.29) is 17.4 Å². The number of anilines is 1. The van der Waals surface area contributed by atoms with Crippen molar-refractivity contribution in [3.05, 3.63) is 18.6 Å². The lowest BCUT2D eigenvalue weighted by molar-refractivity contribution is -0.192. The minimum absolute atomic E-state index is 0.0151. The Kier molecular flexibility index (Phi) is 9.00. The third kappa shape index (κ3) is 7.29. The Morgan fingerprint density at radius 2 is 1.70 bits per heavy atom. The molecule has 1 N–H and O–H groups in total. The summed E-state index contributed by atoms with van der Waals surface area (Å²) in [7, 11) is 3.47. The van der Waals surface area contributed by atoms with Gasteiger partial charge < -0.3 is 19.8 Å². The minimum atomic E-state index is -5.08. The zero-order chi connectivity index (χ0) is 24.6. The number of carboxylic acid groups (broad SMARTS) is 1.